The molecule has 20 nitrogen and oxygen atoms in total. The molecule has 3 aromatic rings. The second-order valence-corrected chi connectivity index (χ2v) is 20.3. The van der Waals surface area contributed by atoms with Crippen molar-refractivity contribution in [2.75, 3.05) is 33.5 Å². The van der Waals surface area contributed by atoms with Crippen LogP contribution in [0.25, 0.3) is 0 Å². The Morgan fingerprint density at radius 3 is 1.96 bits per heavy atom. The molecule has 0 spiro atoms. The molecule has 2 heterocycles. The van der Waals surface area contributed by atoms with Gasteiger partial charge in [-0.3, -0.25) is 14.5 Å². The van der Waals surface area contributed by atoms with Gasteiger partial charge in [-0.1, -0.05) is 112 Å². The van der Waals surface area contributed by atoms with Crippen molar-refractivity contribution in [3.63, 3.8) is 0 Å². The van der Waals surface area contributed by atoms with Crippen LogP contribution in [-0.2, 0) is 61.8 Å². The van der Waals surface area contributed by atoms with Gasteiger partial charge in [0, 0.05) is 30.7 Å². The monoisotopic (exact) mass is 1080 g/mol. The predicted octanol–water partition coefficient (Wildman–Crippen LogP) is 7.80. The van der Waals surface area contributed by atoms with Gasteiger partial charge in [0.2, 0.25) is 0 Å². The van der Waals surface area contributed by atoms with E-state index in [1.807, 2.05) is 0 Å². The lowest BCUT2D eigenvalue weighted by Crippen LogP contribution is -2.82. The Morgan fingerprint density at radius 2 is 1.38 bits per heavy atom. The van der Waals surface area contributed by atoms with Gasteiger partial charge in [0.15, 0.2) is 29.8 Å². The Morgan fingerprint density at radius 1 is 0.782 bits per heavy atom. The number of methoxy groups -OCH3 is 1. The number of Topliss-reactive ketones (excluding diaryl/α,β-unsaturated/α-hetero) is 1. The third-order valence-electron chi connectivity index (χ3n) is 15.6. The molecule has 78 heavy (non-hydrogen) atoms. The Bertz CT molecular complexity index is 2850. The number of aliphatic hydroxyl groups is 1. The Balaban J connectivity index is 1.34. The average molecular weight is 1080 g/mol. The van der Waals surface area contributed by atoms with Crippen LogP contribution in [-0.4, -0.2) is 133 Å². The summed E-state index contributed by atoms with van der Waals surface area (Å²) < 4.78 is 65.7. The molecule has 2 aliphatic heterocycles. The quantitative estimate of drug-likeness (QED) is 0.0817. The molecule has 20 heteroatoms. The van der Waals surface area contributed by atoms with Crippen LogP contribution in [0.15, 0.2) is 134 Å². The van der Waals surface area contributed by atoms with Crippen LogP contribution < -0.4 is 4.74 Å². The van der Waals surface area contributed by atoms with E-state index in [9.17, 15) is 29.1 Å². The zero-order chi connectivity index (χ0) is 56.3. The molecule has 2 bridgehead atoms. The molecule has 2 saturated carbocycles. The van der Waals surface area contributed by atoms with Crippen molar-refractivity contribution in [2.45, 2.75) is 108 Å². The van der Waals surface area contributed by atoms with Gasteiger partial charge in [-0.2, -0.15) is 0 Å². The van der Waals surface area contributed by atoms with E-state index in [-0.39, 0.29) is 43.0 Å². The lowest BCUT2D eigenvalue weighted by Gasteiger charge is -2.67. The molecule has 4 fully saturated rings. The fraction of sp³-hybridized carbons (Fsp3) is 0.431. The van der Waals surface area contributed by atoms with Crippen LogP contribution in [0.5, 0.6) is 5.75 Å². The smallest absolute Gasteiger partial charge is 0.497 e. The standard InChI is InChI=1S/C58H63NO19/c1-10-27-69-52(64)59-43(35-19-15-13-16-20-35)45(75-49(59)36-23-25-38(68-9)26-24-36)51(63)73-39-31-58(67)48(77-50(62)37-21-17-14-18-22-37)46-56(8,47(61)44(76-54(66)71-29-12-3)42(33(39)4)55(58,6)7)40(74-53(65)70-28-11-2)30-41-57(46,32-72-41)78-34(5)60/h10-26,39-41,43-46,48-49,67H,1-3,27-32H2,4-9H3/t39-,40-,41+,43-,44+,45+,46-,48-,49?,56+,57-,58+/m0/s1. The van der Waals surface area contributed by atoms with E-state index >= 15 is 9.59 Å². The largest absolute Gasteiger partial charge is 0.509 e. The molecule has 3 aliphatic carbocycles. The number of nitrogens with zero attached hydrogens (tertiary/aromatic N) is 1. The summed E-state index contributed by atoms with van der Waals surface area (Å²) in [4.78, 5) is 103. The predicted molar refractivity (Wildman–Crippen MR) is 273 cm³/mol. The third kappa shape index (κ3) is 10.0. The summed E-state index contributed by atoms with van der Waals surface area (Å²) >= 11 is 0. The van der Waals surface area contributed by atoms with Crippen molar-refractivity contribution in [1.82, 2.24) is 4.90 Å². The van der Waals surface area contributed by atoms with Crippen molar-refractivity contribution in [3.05, 3.63) is 151 Å². The van der Waals surface area contributed by atoms with E-state index in [4.69, 9.17) is 52.1 Å². The first kappa shape index (κ1) is 56.4. The first-order chi connectivity index (χ1) is 37.2. The number of fused-ring (bicyclic) bond motifs is 5. The number of hydrogen-bond donors (Lipinski definition) is 1. The molecule has 0 radical (unpaired) electrons. The molecule has 5 aliphatic rings. The maximum Gasteiger partial charge on any atom is 0.509 e. The highest BCUT2D eigenvalue weighted by Gasteiger charge is 2.79. The van der Waals surface area contributed by atoms with Gasteiger partial charge in [-0.25, -0.2) is 24.0 Å². The van der Waals surface area contributed by atoms with E-state index < -0.39 is 132 Å². The highest BCUT2D eigenvalue weighted by molar-refractivity contribution is 5.95. The lowest BCUT2D eigenvalue weighted by atomic mass is 9.44. The van der Waals surface area contributed by atoms with Crippen LogP contribution in [0.1, 0.15) is 81.2 Å². The molecule has 1 N–H and O–H groups in total. The van der Waals surface area contributed by atoms with Crippen molar-refractivity contribution in [3.8, 4) is 5.75 Å². The van der Waals surface area contributed by atoms with E-state index in [0.717, 1.165) is 6.92 Å². The Labute approximate surface area is 450 Å². The summed E-state index contributed by atoms with van der Waals surface area (Å²) in [6.07, 6.45) is -11.8. The number of benzene rings is 3. The first-order valence-corrected chi connectivity index (χ1v) is 25.3. The average Bonchev–Trinajstić information content (AvgIpc) is 3.85. The van der Waals surface area contributed by atoms with Crippen LogP contribution in [0.4, 0.5) is 14.4 Å². The maximum absolute atomic E-state index is 16.4. The third-order valence-corrected chi connectivity index (χ3v) is 15.6. The van der Waals surface area contributed by atoms with Crippen LogP contribution in [0, 0.1) is 16.7 Å². The molecule has 2 saturated heterocycles. The van der Waals surface area contributed by atoms with Crippen molar-refractivity contribution in [2.24, 2.45) is 16.7 Å². The number of rotatable bonds is 16. The topological polar surface area (TPSA) is 244 Å². The molecule has 12 atom stereocenters. The number of ether oxygens (including phenoxy) is 11. The minimum absolute atomic E-state index is 0.0124. The number of carbonyl (C=O) groups is 7. The number of esters is 3. The number of amides is 1. The normalized spacial score (nSPS) is 30.4. The molecule has 3 aromatic carbocycles. The highest BCUT2D eigenvalue weighted by atomic mass is 16.7. The Kier molecular flexibility index (Phi) is 16.4. The van der Waals surface area contributed by atoms with Crippen molar-refractivity contribution in [1.29, 1.82) is 0 Å². The molecule has 0 aromatic heterocycles. The second-order valence-electron chi connectivity index (χ2n) is 20.3. The minimum Gasteiger partial charge on any atom is -0.497 e. The molecule has 8 rings (SSSR count). The van der Waals surface area contributed by atoms with E-state index in [2.05, 4.69) is 19.7 Å². The summed E-state index contributed by atoms with van der Waals surface area (Å²) in [5.74, 6) is -5.13. The number of hydrogen-bond acceptors (Lipinski definition) is 19. The van der Waals surface area contributed by atoms with Crippen molar-refractivity contribution >= 4 is 42.1 Å². The van der Waals surface area contributed by atoms with Gasteiger partial charge in [0.1, 0.15) is 61.6 Å². The molecule has 1 amide bonds. The van der Waals surface area contributed by atoms with E-state index in [1.165, 1.54) is 70.1 Å². The second kappa shape index (κ2) is 22.6. The molecule has 414 valence electrons. The summed E-state index contributed by atoms with van der Waals surface area (Å²) in [6.45, 7) is 16.7. The van der Waals surface area contributed by atoms with Crippen LogP contribution >= 0.6 is 0 Å². The van der Waals surface area contributed by atoms with E-state index in [0.29, 0.717) is 16.9 Å². The van der Waals surface area contributed by atoms with Crippen LogP contribution in [0.2, 0.25) is 0 Å². The number of carbonyl (C=O) groups excluding carboxylic acids is 7. The summed E-state index contributed by atoms with van der Waals surface area (Å²) in [7, 11) is 1.49. The van der Waals surface area contributed by atoms with Crippen molar-refractivity contribution < 1.29 is 90.8 Å². The fourth-order valence-electron chi connectivity index (χ4n) is 11.9. The van der Waals surface area contributed by atoms with Gasteiger partial charge in [-0.05, 0) is 54.8 Å². The number of ketones is 1. The van der Waals surface area contributed by atoms with Crippen LogP contribution in [0.3, 0.4) is 0 Å². The SMILES string of the molecule is C=CCOC(=O)O[C@H]1C(=O)[C@]2(C)[C@@H](OC(=O)OCC=C)C[C@H]3OC[C@@]3(OC(C)=O)[C@H]2[C@H](OC(=O)c2ccccc2)[C@]2(O)C[C@H](OC(=O)[C@@H]3OC(c4ccc(OC)cc4)N(C(=O)OCC=C)[C@H]3c3ccccc3)C(C)=C1C2(C)C. The first-order valence-electron chi connectivity index (χ1n) is 25.3. The fourth-order valence-corrected chi connectivity index (χ4v) is 11.9. The van der Waals surface area contributed by atoms with Gasteiger partial charge in [-0.15, -0.1) is 0 Å². The summed E-state index contributed by atoms with van der Waals surface area (Å²) in [5, 5.41) is 14.3. The lowest BCUT2D eigenvalue weighted by molar-refractivity contribution is -0.346. The van der Waals surface area contributed by atoms with Gasteiger partial charge < -0.3 is 57.2 Å². The minimum atomic E-state index is -2.55. The molecular weight excluding hydrogens is 1010 g/mol. The van der Waals surface area contributed by atoms with Gasteiger partial charge >= 0.3 is 36.3 Å². The van der Waals surface area contributed by atoms with E-state index in [1.54, 1.807) is 72.8 Å². The zero-order valence-corrected chi connectivity index (χ0v) is 44.1. The Hall–Kier alpha value is -7.81. The summed E-state index contributed by atoms with van der Waals surface area (Å²) in [5.41, 5.74) is -7.70. The molecular formula is C58H63NO19. The van der Waals surface area contributed by atoms with Gasteiger partial charge in [0.05, 0.1) is 30.6 Å². The van der Waals surface area contributed by atoms with Gasteiger partial charge in [0.25, 0.3) is 0 Å². The maximum atomic E-state index is 16.4. The zero-order valence-electron chi connectivity index (χ0n) is 44.1. The summed E-state index contributed by atoms with van der Waals surface area (Å²) in [6, 6.07) is 21.7. The molecule has 1 unspecified atom stereocenters. The highest BCUT2D eigenvalue weighted by Crippen LogP contribution is 2.65.